The molecule has 0 saturated carbocycles. The molecule has 0 rings (SSSR count). The highest BCUT2D eigenvalue weighted by Gasteiger charge is 2.07. The van der Waals surface area contributed by atoms with Crippen LogP contribution in [-0.2, 0) is 19.1 Å². The lowest BCUT2D eigenvalue weighted by Gasteiger charge is -2.06. The summed E-state index contributed by atoms with van der Waals surface area (Å²) in [6.07, 6.45) is 5.17. The van der Waals surface area contributed by atoms with E-state index in [0.717, 1.165) is 12.8 Å². The summed E-state index contributed by atoms with van der Waals surface area (Å²) in [5.41, 5.74) is 1.15. The highest BCUT2D eigenvalue weighted by atomic mass is 16.6. The van der Waals surface area contributed by atoms with E-state index < -0.39 is 0 Å². The first-order chi connectivity index (χ1) is 10.4. The summed E-state index contributed by atoms with van der Waals surface area (Å²) < 4.78 is 9.89. The maximum atomic E-state index is 11.4. The largest absolute Gasteiger partial charge is 0.459 e. The van der Waals surface area contributed by atoms with Gasteiger partial charge in [0.25, 0.3) is 0 Å². The lowest BCUT2D eigenvalue weighted by Crippen LogP contribution is -2.14. The van der Waals surface area contributed by atoms with Gasteiger partial charge in [-0.1, -0.05) is 26.0 Å². The summed E-state index contributed by atoms with van der Waals surface area (Å²) in [7, 11) is 0. The molecule has 0 aromatic carbocycles. The summed E-state index contributed by atoms with van der Waals surface area (Å²) in [4.78, 5) is 22.7. The molecule has 0 bridgehead atoms. The van der Waals surface area contributed by atoms with Crippen molar-refractivity contribution >= 4 is 11.9 Å². The van der Waals surface area contributed by atoms with E-state index in [9.17, 15) is 9.59 Å². The first-order valence-corrected chi connectivity index (χ1v) is 7.33. The van der Waals surface area contributed by atoms with Crippen LogP contribution < -0.4 is 0 Å². The molecule has 0 radical (unpaired) electrons. The summed E-state index contributed by atoms with van der Waals surface area (Å²) in [5, 5.41) is 15.2. The second-order valence-corrected chi connectivity index (χ2v) is 4.31. The quantitative estimate of drug-likeness (QED) is 0.403. The van der Waals surface area contributed by atoms with Crippen LogP contribution in [0.2, 0.25) is 0 Å². The van der Waals surface area contributed by atoms with Gasteiger partial charge in [0, 0.05) is 11.1 Å². The van der Waals surface area contributed by atoms with Crippen molar-refractivity contribution in [2.75, 3.05) is 26.4 Å². The molecular formula is C16H28O6. The van der Waals surface area contributed by atoms with Crippen LogP contribution in [-0.4, -0.2) is 48.6 Å². The molecule has 6 nitrogen and oxygen atoms in total. The highest BCUT2D eigenvalue weighted by Crippen LogP contribution is 2.00. The minimum Gasteiger partial charge on any atom is -0.459 e. The molecule has 0 saturated heterocycles. The fourth-order valence-corrected chi connectivity index (χ4v) is 1.28. The van der Waals surface area contributed by atoms with Crippen LogP contribution in [0, 0.1) is 0 Å². The maximum Gasteiger partial charge on any atom is 0.333 e. The molecule has 0 aliphatic carbocycles. The van der Waals surface area contributed by atoms with Crippen LogP contribution in [0.1, 0.15) is 40.5 Å². The number of aliphatic hydroxyl groups is 2. The molecule has 0 amide bonds. The Hall–Kier alpha value is -1.66. The number of hydrogen-bond donors (Lipinski definition) is 2. The summed E-state index contributed by atoms with van der Waals surface area (Å²) in [6, 6.07) is 0. The Morgan fingerprint density at radius 3 is 1.36 bits per heavy atom. The van der Waals surface area contributed by atoms with Crippen molar-refractivity contribution in [3.63, 3.8) is 0 Å². The van der Waals surface area contributed by atoms with Gasteiger partial charge in [-0.3, -0.25) is 0 Å². The van der Waals surface area contributed by atoms with E-state index in [1.54, 1.807) is 26.0 Å². The van der Waals surface area contributed by atoms with Crippen LogP contribution in [0.15, 0.2) is 23.3 Å². The van der Waals surface area contributed by atoms with Crippen molar-refractivity contribution in [1.82, 2.24) is 0 Å². The van der Waals surface area contributed by atoms with Crippen LogP contribution in [0.5, 0.6) is 0 Å². The van der Waals surface area contributed by atoms with Crippen LogP contribution in [0.4, 0.5) is 0 Å². The minimum atomic E-state index is -0.367. The van der Waals surface area contributed by atoms with Crippen molar-refractivity contribution in [3.8, 4) is 0 Å². The number of hydrogen-bond acceptors (Lipinski definition) is 6. The minimum absolute atomic E-state index is 0.0822. The Balaban J connectivity index is 0. The Labute approximate surface area is 132 Å². The molecule has 22 heavy (non-hydrogen) atoms. The second-order valence-electron chi connectivity index (χ2n) is 4.31. The molecule has 0 aromatic heterocycles. The molecule has 0 aromatic rings. The average Bonchev–Trinajstić information content (AvgIpc) is 2.51. The summed E-state index contributed by atoms with van der Waals surface area (Å²) in [6.45, 7) is 7.21. The summed E-state index contributed by atoms with van der Waals surface area (Å²) in [5.74, 6) is -0.734. The van der Waals surface area contributed by atoms with E-state index >= 15 is 0 Å². The van der Waals surface area contributed by atoms with Crippen LogP contribution in [0.3, 0.4) is 0 Å². The highest BCUT2D eigenvalue weighted by molar-refractivity contribution is 5.88. The molecule has 0 spiro atoms. The van der Waals surface area contributed by atoms with E-state index in [1.807, 2.05) is 13.8 Å². The monoisotopic (exact) mass is 316 g/mol. The van der Waals surface area contributed by atoms with Gasteiger partial charge >= 0.3 is 11.9 Å². The lowest BCUT2D eigenvalue weighted by atomic mass is 10.2. The van der Waals surface area contributed by atoms with Crippen molar-refractivity contribution in [2.24, 2.45) is 0 Å². The van der Waals surface area contributed by atoms with Gasteiger partial charge in [0.1, 0.15) is 13.2 Å². The number of esters is 2. The van der Waals surface area contributed by atoms with E-state index in [2.05, 4.69) is 0 Å². The molecule has 0 heterocycles. The molecular weight excluding hydrogens is 288 g/mol. The fraction of sp³-hybridized carbons (Fsp3) is 0.625. The smallest absolute Gasteiger partial charge is 0.333 e. The van der Waals surface area contributed by atoms with E-state index in [4.69, 9.17) is 19.7 Å². The Kier molecular flexibility index (Phi) is 16.2. The van der Waals surface area contributed by atoms with Crippen molar-refractivity contribution in [1.29, 1.82) is 0 Å². The number of aliphatic hydroxyl groups excluding tert-OH is 2. The van der Waals surface area contributed by atoms with Crippen LogP contribution in [0.25, 0.3) is 0 Å². The van der Waals surface area contributed by atoms with Gasteiger partial charge in [0.05, 0.1) is 13.2 Å². The predicted octanol–water partition coefficient (Wildman–Crippen LogP) is 1.76. The molecule has 0 aliphatic heterocycles. The van der Waals surface area contributed by atoms with E-state index in [-0.39, 0.29) is 38.4 Å². The third-order valence-corrected chi connectivity index (χ3v) is 2.31. The van der Waals surface area contributed by atoms with Gasteiger partial charge < -0.3 is 19.7 Å². The Morgan fingerprint density at radius 1 is 0.818 bits per heavy atom. The number of carbonyl (C=O) groups is 2. The normalized spacial score (nSPS) is 11.4. The topological polar surface area (TPSA) is 93.1 Å². The Bertz CT molecular complexity index is 335. The molecule has 128 valence electrons. The van der Waals surface area contributed by atoms with Gasteiger partial charge in [-0.15, -0.1) is 0 Å². The zero-order valence-electron chi connectivity index (χ0n) is 13.9. The molecule has 2 N–H and O–H groups in total. The van der Waals surface area contributed by atoms with E-state index in [1.165, 1.54) is 0 Å². The predicted molar refractivity (Wildman–Crippen MR) is 84.2 cm³/mol. The SMILES string of the molecule is CC/C=C(\C)C(=O)OCCOC(=O)/C(C)=C/CC.OCCO. The Morgan fingerprint density at radius 2 is 1.14 bits per heavy atom. The van der Waals surface area contributed by atoms with Gasteiger partial charge in [-0.2, -0.15) is 0 Å². The molecule has 0 fully saturated rings. The molecule has 0 aliphatic rings. The van der Waals surface area contributed by atoms with Gasteiger partial charge in [-0.25, -0.2) is 9.59 Å². The fourth-order valence-electron chi connectivity index (χ4n) is 1.28. The van der Waals surface area contributed by atoms with Gasteiger partial charge in [-0.05, 0) is 26.7 Å². The van der Waals surface area contributed by atoms with Crippen molar-refractivity contribution < 1.29 is 29.3 Å². The maximum absolute atomic E-state index is 11.4. The van der Waals surface area contributed by atoms with Gasteiger partial charge in [0.15, 0.2) is 0 Å². The lowest BCUT2D eigenvalue weighted by molar-refractivity contribution is -0.147. The number of allylic oxidation sites excluding steroid dienone is 2. The van der Waals surface area contributed by atoms with Crippen molar-refractivity contribution in [2.45, 2.75) is 40.5 Å². The van der Waals surface area contributed by atoms with E-state index in [0.29, 0.717) is 11.1 Å². The molecule has 0 atom stereocenters. The third-order valence-electron chi connectivity index (χ3n) is 2.31. The third kappa shape index (κ3) is 13.3. The van der Waals surface area contributed by atoms with Gasteiger partial charge in [0.2, 0.25) is 0 Å². The average molecular weight is 316 g/mol. The molecule has 6 heteroatoms. The number of rotatable bonds is 8. The zero-order chi connectivity index (χ0) is 17.4. The zero-order valence-corrected chi connectivity index (χ0v) is 13.9. The number of carbonyl (C=O) groups excluding carboxylic acids is 2. The van der Waals surface area contributed by atoms with Crippen molar-refractivity contribution in [3.05, 3.63) is 23.3 Å². The second kappa shape index (κ2) is 15.7. The first-order valence-electron chi connectivity index (χ1n) is 7.33. The summed E-state index contributed by atoms with van der Waals surface area (Å²) >= 11 is 0. The van der Waals surface area contributed by atoms with Crippen LogP contribution >= 0.6 is 0 Å². The standard InChI is InChI=1S/C14H22O4.C2H6O2/c1-5-7-11(3)13(15)17-9-10-18-14(16)12(4)8-6-2;3-1-2-4/h7-8H,5-6,9-10H2,1-4H3;3-4H,1-2H2/b11-7+,12-8+;. The number of ether oxygens (including phenoxy) is 2. The molecule has 0 unspecified atom stereocenters. The first kappa shape index (κ1) is 22.6.